The van der Waals surface area contributed by atoms with Crippen molar-refractivity contribution < 1.29 is 4.74 Å². The molecule has 1 rings (SSSR count). The Morgan fingerprint density at radius 1 is 1.29 bits per heavy atom. The van der Waals surface area contributed by atoms with Crippen LogP contribution in [-0.2, 0) is 4.74 Å². The highest BCUT2D eigenvalue weighted by molar-refractivity contribution is 4.94. The van der Waals surface area contributed by atoms with E-state index in [2.05, 4.69) is 26.1 Å². The predicted molar refractivity (Wildman–Crippen MR) is 73.1 cm³/mol. The highest BCUT2D eigenvalue weighted by Crippen LogP contribution is 2.35. The maximum Gasteiger partial charge on any atom is 0.0667 e. The minimum Gasteiger partial charge on any atom is -0.380 e. The second kappa shape index (κ2) is 6.72. The lowest BCUT2D eigenvalue weighted by Crippen LogP contribution is -2.55. The Morgan fingerprint density at radius 2 is 1.88 bits per heavy atom. The van der Waals surface area contributed by atoms with Crippen LogP contribution in [-0.4, -0.2) is 31.8 Å². The normalized spacial score (nSPS) is 31.8. The van der Waals surface area contributed by atoms with Gasteiger partial charge in [0.2, 0.25) is 0 Å². The molecule has 3 heteroatoms. The number of nitrogens with two attached hydrogens (primary N) is 1. The van der Waals surface area contributed by atoms with Crippen LogP contribution in [0, 0.1) is 11.8 Å². The van der Waals surface area contributed by atoms with Crippen molar-refractivity contribution in [3.05, 3.63) is 0 Å². The van der Waals surface area contributed by atoms with Gasteiger partial charge in [-0.05, 0) is 44.4 Å². The molecular weight excluding hydrogens is 212 g/mol. The number of nitrogens with one attached hydrogen (secondary N) is 1. The van der Waals surface area contributed by atoms with Crippen LogP contribution in [0.4, 0.5) is 0 Å². The van der Waals surface area contributed by atoms with Gasteiger partial charge in [-0.15, -0.1) is 0 Å². The topological polar surface area (TPSA) is 47.3 Å². The van der Waals surface area contributed by atoms with Crippen LogP contribution in [0.1, 0.15) is 46.5 Å². The van der Waals surface area contributed by atoms with Crippen molar-refractivity contribution >= 4 is 0 Å². The molecule has 0 amide bonds. The van der Waals surface area contributed by atoms with Gasteiger partial charge in [-0.1, -0.05) is 13.8 Å². The van der Waals surface area contributed by atoms with E-state index in [1.54, 1.807) is 7.11 Å². The number of methoxy groups -OCH3 is 1. The molecule has 3 nitrogen and oxygen atoms in total. The van der Waals surface area contributed by atoms with E-state index in [1.807, 2.05) is 0 Å². The van der Waals surface area contributed by atoms with Crippen molar-refractivity contribution in [3.8, 4) is 0 Å². The molecule has 0 aromatic heterocycles. The molecule has 1 aliphatic rings. The van der Waals surface area contributed by atoms with Gasteiger partial charge in [0, 0.05) is 25.7 Å². The van der Waals surface area contributed by atoms with Crippen LogP contribution in [0.5, 0.6) is 0 Å². The molecule has 1 saturated carbocycles. The van der Waals surface area contributed by atoms with Gasteiger partial charge in [0.1, 0.15) is 0 Å². The van der Waals surface area contributed by atoms with Crippen molar-refractivity contribution in [2.75, 3.05) is 20.2 Å². The van der Waals surface area contributed by atoms with Crippen LogP contribution in [0.3, 0.4) is 0 Å². The maximum atomic E-state index is 5.98. The Bertz CT molecular complexity index is 210. The van der Waals surface area contributed by atoms with Crippen molar-refractivity contribution in [2.24, 2.45) is 17.6 Å². The minimum absolute atomic E-state index is 0.165. The molecule has 1 fully saturated rings. The quantitative estimate of drug-likeness (QED) is 0.750. The first-order chi connectivity index (χ1) is 8.03. The second-order valence-corrected chi connectivity index (χ2v) is 5.99. The van der Waals surface area contributed by atoms with Gasteiger partial charge in [-0.25, -0.2) is 0 Å². The molecule has 0 bridgehead atoms. The van der Waals surface area contributed by atoms with Crippen molar-refractivity contribution in [3.63, 3.8) is 0 Å². The average molecular weight is 242 g/mol. The molecule has 0 heterocycles. The summed E-state index contributed by atoms with van der Waals surface area (Å²) in [6.07, 6.45) is 5.30. The van der Waals surface area contributed by atoms with Crippen LogP contribution in [0.2, 0.25) is 0 Å². The zero-order valence-corrected chi connectivity index (χ0v) is 12.0. The number of rotatable bonds is 6. The lowest BCUT2D eigenvalue weighted by atomic mass is 9.73. The highest BCUT2D eigenvalue weighted by atomic mass is 16.5. The summed E-state index contributed by atoms with van der Waals surface area (Å²) in [6, 6.07) is 0. The van der Waals surface area contributed by atoms with E-state index in [1.165, 1.54) is 25.7 Å². The third-order valence-electron chi connectivity index (χ3n) is 4.49. The zero-order valence-electron chi connectivity index (χ0n) is 12.0. The van der Waals surface area contributed by atoms with Gasteiger partial charge >= 0.3 is 0 Å². The molecule has 1 atom stereocenters. The molecule has 0 spiro atoms. The third kappa shape index (κ3) is 4.23. The lowest BCUT2D eigenvalue weighted by Gasteiger charge is -2.42. The monoisotopic (exact) mass is 242 g/mol. The Kier molecular flexibility index (Phi) is 5.90. The summed E-state index contributed by atoms with van der Waals surface area (Å²) in [6.45, 7) is 8.41. The van der Waals surface area contributed by atoms with Crippen LogP contribution in [0.25, 0.3) is 0 Å². The fraction of sp³-hybridized carbons (Fsp3) is 1.00. The van der Waals surface area contributed by atoms with E-state index in [0.717, 1.165) is 24.9 Å². The SMILES string of the molecule is COC(C)CNC1(CN)CCC(C(C)C)CC1. The van der Waals surface area contributed by atoms with E-state index in [4.69, 9.17) is 10.5 Å². The zero-order chi connectivity index (χ0) is 12.9. The first kappa shape index (κ1) is 14.9. The van der Waals surface area contributed by atoms with E-state index < -0.39 is 0 Å². The summed E-state index contributed by atoms with van der Waals surface area (Å²) < 4.78 is 5.29. The summed E-state index contributed by atoms with van der Waals surface area (Å²) in [5.41, 5.74) is 6.15. The molecule has 17 heavy (non-hydrogen) atoms. The predicted octanol–water partition coefficient (Wildman–Crippen LogP) is 2.15. The van der Waals surface area contributed by atoms with Crippen molar-refractivity contribution in [1.82, 2.24) is 5.32 Å². The Balaban J connectivity index is 2.43. The second-order valence-electron chi connectivity index (χ2n) is 5.99. The highest BCUT2D eigenvalue weighted by Gasteiger charge is 2.34. The summed E-state index contributed by atoms with van der Waals surface area (Å²) in [5, 5.41) is 3.64. The Labute approximate surface area is 106 Å². The van der Waals surface area contributed by atoms with Gasteiger partial charge in [0.25, 0.3) is 0 Å². The lowest BCUT2D eigenvalue weighted by molar-refractivity contribution is 0.0934. The summed E-state index contributed by atoms with van der Waals surface area (Å²) in [5.74, 6) is 1.69. The molecule has 3 N–H and O–H groups in total. The molecule has 0 saturated heterocycles. The van der Waals surface area contributed by atoms with Gasteiger partial charge in [-0.2, -0.15) is 0 Å². The van der Waals surface area contributed by atoms with Gasteiger partial charge < -0.3 is 15.8 Å². The fourth-order valence-electron chi connectivity index (χ4n) is 2.76. The average Bonchev–Trinajstić information content (AvgIpc) is 2.36. The van der Waals surface area contributed by atoms with Crippen molar-refractivity contribution in [1.29, 1.82) is 0 Å². The maximum absolute atomic E-state index is 5.98. The van der Waals surface area contributed by atoms with Crippen LogP contribution in [0.15, 0.2) is 0 Å². The molecule has 0 aliphatic heterocycles. The third-order valence-corrected chi connectivity index (χ3v) is 4.49. The summed E-state index contributed by atoms with van der Waals surface area (Å²) in [4.78, 5) is 0. The molecule has 102 valence electrons. The molecule has 0 radical (unpaired) electrons. The fourth-order valence-corrected chi connectivity index (χ4v) is 2.76. The molecular formula is C14H30N2O. The Morgan fingerprint density at radius 3 is 2.29 bits per heavy atom. The molecule has 0 aromatic carbocycles. The largest absolute Gasteiger partial charge is 0.380 e. The number of ether oxygens (including phenoxy) is 1. The van der Waals surface area contributed by atoms with E-state index in [0.29, 0.717) is 0 Å². The molecule has 0 aromatic rings. The standard InChI is InChI=1S/C14H30N2O/c1-11(2)13-5-7-14(10-15,8-6-13)16-9-12(3)17-4/h11-13,16H,5-10,15H2,1-4H3. The van der Waals surface area contributed by atoms with Crippen LogP contribution >= 0.6 is 0 Å². The Hall–Kier alpha value is -0.120. The van der Waals surface area contributed by atoms with E-state index >= 15 is 0 Å². The van der Waals surface area contributed by atoms with Crippen LogP contribution < -0.4 is 11.1 Å². The van der Waals surface area contributed by atoms with Gasteiger partial charge in [-0.3, -0.25) is 0 Å². The summed E-state index contributed by atoms with van der Waals surface area (Å²) >= 11 is 0. The molecule has 1 aliphatic carbocycles. The minimum atomic E-state index is 0.165. The smallest absolute Gasteiger partial charge is 0.0667 e. The molecule has 1 unspecified atom stereocenters. The van der Waals surface area contributed by atoms with E-state index in [-0.39, 0.29) is 11.6 Å². The number of hydrogen-bond donors (Lipinski definition) is 2. The first-order valence-corrected chi connectivity index (χ1v) is 7.01. The summed E-state index contributed by atoms with van der Waals surface area (Å²) in [7, 11) is 1.76. The van der Waals surface area contributed by atoms with E-state index in [9.17, 15) is 0 Å². The number of hydrogen-bond acceptors (Lipinski definition) is 3. The van der Waals surface area contributed by atoms with Gasteiger partial charge in [0.05, 0.1) is 6.10 Å². The van der Waals surface area contributed by atoms with Crippen molar-refractivity contribution in [2.45, 2.75) is 58.1 Å². The first-order valence-electron chi connectivity index (χ1n) is 7.01. The van der Waals surface area contributed by atoms with Gasteiger partial charge in [0.15, 0.2) is 0 Å².